The van der Waals surface area contributed by atoms with Gasteiger partial charge in [-0.1, -0.05) is 51.9 Å². The molecule has 0 fully saturated rings. The van der Waals surface area contributed by atoms with Gasteiger partial charge in [-0.25, -0.2) is 8.42 Å². The quantitative estimate of drug-likeness (QED) is 0.281. The molecule has 0 N–H and O–H groups in total. The van der Waals surface area contributed by atoms with Crippen LogP contribution in [-0.2, 0) is 14.9 Å². The van der Waals surface area contributed by atoms with Crippen molar-refractivity contribution in [3.63, 3.8) is 0 Å². The molecule has 0 rings (SSSR count). The summed E-state index contributed by atoms with van der Waals surface area (Å²) < 4.78 is 37.3. The molecule has 1 atom stereocenters. The van der Waals surface area contributed by atoms with Crippen molar-refractivity contribution in [2.24, 2.45) is 0 Å². The first-order valence-electron chi connectivity index (χ1n) is 7.54. The van der Waals surface area contributed by atoms with Crippen molar-refractivity contribution in [3.05, 3.63) is 0 Å². The Kier molecular flexibility index (Phi) is 17.1. The summed E-state index contributed by atoms with van der Waals surface area (Å²) in [6.07, 6.45) is 9.71. The molecule has 0 aromatic heterocycles. The number of hydrogen-bond acceptors (Lipinski definition) is 4. The minimum Gasteiger partial charge on any atom is -0.748 e. The summed E-state index contributed by atoms with van der Waals surface area (Å²) in [6, 6.07) is 0. The SMILES string of the molecule is CCCCCCCCCC(CCS(=O)(=O)[O-])OCC.[Na+]. The van der Waals surface area contributed by atoms with Gasteiger partial charge in [-0.15, -0.1) is 0 Å². The second-order valence-electron chi connectivity index (χ2n) is 5.04. The fraction of sp³-hybridized carbons (Fsp3) is 1.00. The van der Waals surface area contributed by atoms with Crippen LogP contribution in [-0.4, -0.2) is 31.4 Å². The zero-order valence-corrected chi connectivity index (χ0v) is 16.2. The van der Waals surface area contributed by atoms with Crippen LogP contribution in [0.3, 0.4) is 0 Å². The van der Waals surface area contributed by atoms with Crippen LogP contribution in [0.1, 0.15) is 71.6 Å². The molecule has 0 bridgehead atoms. The van der Waals surface area contributed by atoms with E-state index in [4.69, 9.17) is 4.74 Å². The maximum Gasteiger partial charge on any atom is 1.00 e. The van der Waals surface area contributed by atoms with Crippen LogP contribution in [0.25, 0.3) is 0 Å². The summed E-state index contributed by atoms with van der Waals surface area (Å²) in [6.45, 7) is 4.67. The van der Waals surface area contributed by atoms with Gasteiger partial charge < -0.3 is 9.29 Å². The molecule has 0 saturated carbocycles. The molecule has 0 amide bonds. The Bertz CT molecular complexity index is 294. The van der Waals surface area contributed by atoms with Crippen molar-refractivity contribution >= 4 is 10.1 Å². The topological polar surface area (TPSA) is 66.4 Å². The second-order valence-corrected chi connectivity index (χ2v) is 6.56. The Morgan fingerprint density at radius 1 is 0.950 bits per heavy atom. The maximum atomic E-state index is 10.6. The van der Waals surface area contributed by atoms with Gasteiger partial charge >= 0.3 is 29.6 Å². The molecule has 0 aliphatic heterocycles. The number of ether oxygens (including phenoxy) is 1. The van der Waals surface area contributed by atoms with E-state index in [1.54, 1.807) is 0 Å². The third-order valence-electron chi connectivity index (χ3n) is 3.22. The van der Waals surface area contributed by atoms with E-state index in [-0.39, 0.29) is 41.4 Å². The van der Waals surface area contributed by atoms with Gasteiger partial charge in [0.2, 0.25) is 0 Å². The molecule has 0 saturated heterocycles. The molecule has 0 aliphatic rings. The van der Waals surface area contributed by atoms with Gasteiger partial charge in [0.1, 0.15) is 0 Å². The minimum atomic E-state index is -4.11. The molecule has 0 radical (unpaired) electrons. The summed E-state index contributed by atoms with van der Waals surface area (Å²) in [7, 11) is -4.11. The molecule has 0 spiro atoms. The fourth-order valence-corrected chi connectivity index (χ4v) is 2.70. The van der Waals surface area contributed by atoms with Crippen LogP contribution in [0, 0.1) is 0 Å². The van der Waals surface area contributed by atoms with E-state index in [1.807, 2.05) is 6.92 Å². The predicted octanol–water partition coefficient (Wildman–Crippen LogP) is 0.472. The number of rotatable bonds is 13. The molecule has 4 nitrogen and oxygen atoms in total. The van der Waals surface area contributed by atoms with E-state index < -0.39 is 10.1 Å². The molecular weight excluding hydrogens is 287 g/mol. The minimum absolute atomic E-state index is 0. The molecule has 6 heteroatoms. The monoisotopic (exact) mass is 316 g/mol. The maximum absolute atomic E-state index is 10.6. The van der Waals surface area contributed by atoms with Crippen molar-refractivity contribution in [2.45, 2.75) is 77.7 Å². The summed E-state index contributed by atoms with van der Waals surface area (Å²) in [5.41, 5.74) is 0. The normalized spacial score (nSPS) is 12.9. The van der Waals surface area contributed by atoms with Crippen molar-refractivity contribution in [1.29, 1.82) is 0 Å². The van der Waals surface area contributed by atoms with Crippen LogP contribution >= 0.6 is 0 Å². The molecule has 0 aromatic rings. The first kappa shape index (κ1) is 23.1. The van der Waals surface area contributed by atoms with Crippen LogP contribution in [0.4, 0.5) is 0 Å². The predicted molar refractivity (Wildman–Crippen MR) is 77.2 cm³/mol. The van der Waals surface area contributed by atoms with Crippen LogP contribution < -0.4 is 29.6 Å². The molecule has 20 heavy (non-hydrogen) atoms. The summed E-state index contributed by atoms with van der Waals surface area (Å²) >= 11 is 0. The average Bonchev–Trinajstić information content (AvgIpc) is 2.33. The third kappa shape index (κ3) is 16.9. The van der Waals surface area contributed by atoms with E-state index in [0.29, 0.717) is 13.0 Å². The van der Waals surface area contributed by atoms with Gasteiger partial charge in [0.05, 0.1) is 16.2 Å². The van der Waals surface area contributed by atoms with Crippen molar-refractivity contribution in [2.75, 3.05) is 12.4 Å². The smallest absolute Gasteiger partial charge is 0.748 e. The molecule has 1 unspecified atom stereocenters. The Labute approximate surface area is 147 Å². The number of hydrogen-bond donors (Lipinski definition) is 0. The Morgan fingerprint density at radius 2 is 1.50 bits per heavy atom. The Morgan fingerprint density at radius 3 is 2.00 bits per heavy atom. The zero-order valence-electron chi connectivity index (χ0n) is 13.4. The third-order valence-corrected chi connectivity index (χ3v) is 3.96. The van der Waals surface area contributed by atoms with Crippen LogP contribution in [0.2, 0.25) is 0 Å². The van der Waals surface area contributed by atoms with E-state index >= 15 is 0 Å². The van der Waals surface area contributed by atoms with Gasteiger partial charge in [0.25, 0.3) is 0 Å². The second kappa shape index (κ2) is 14.8. The van der Waals surface area contributed by atoms with E-state index in [2.05, 4.69) is 6.92 Å². The fourth-order valence-electron chi connectivity index (χ4n) is 2.15. The first-order valence-corrected chi connectivity index (χ1v) is 9.12. The van der Waals surface area contributed by atoms with Gasteiger partial charge in [-0.05, 0) is 19.8 Å². The standard InChI is InChI=1S/C14H30O4S.Na/c1-3-5-6-7-8-9-10-11-14(18-4-2)12-13-19(15,16)17;/h14H,3-13H2,1-2H3,(H,15,16,17);/q;+1/p-1. The van der Waals surface area contributed by atoms with E-state index in [9.17, 15) is 13.0 Å². The molecule has 0 aliphatic carbocycles. The average molecular weight is 316 g/mol. The van der Waals surface area contributed by atoms with Gasteiger partial charge in [0.15, 0.2) is 0 Å². The van der Waals surface area contributed by atoms with Gasteiger partial charge in [-0.2, -0.15) is 0 Å². The summed E-state index contributed by atoms with van der Waals surface area (Å²) in [4.78, 5) is 0. The van der Waals surface area contributed by atoms with Crippen LogP contribution in [0.5, 0.6) is 0 Å². The van der Waals surface area contributed by atoms with E-state index in [1.165, 1.54) is 32.1 Å². The van der Waals surface area contributed by atoms with Gasteiger partial charge in [0, 0.05) is 12.4 Å². The molecule has 0 aromatic carbocycles. The Hall–Kier alpha value is 0.870. The molecule has 116 valence electrons. The molecular formula is C14H29NaO4S. The van der Waals surface area contributed by atoms with Crippen LogP contribution in [0.15, 0.2) is 0 Å². The Balaban J connectivity index is 0. The van der Waals surface area contributed by atoms with Gasteiger partial charge in [-0.3, -0.25) is 0 Å². The molecule has 0 heterocycles. The summed E-state index contributed by atoms with van der Waals surface area (Å²) in [5.74, 6) is -0.311. The summed E-state index contributed by atoms with van der Waals surface area (Å²) in [5, 5.41) is 0. The van der Waals surface area contributed by atoms with Crippen molar-refractivity contribution in [3.8, 4) is 0 Å². The number of unbranched alkanes of at least 4 members (excludes halogenated alkanes) is 6. The first-order chi connectivity index (χ1) is 8.99. The largest absolute Gasteiger partial charge is 1.00 e. The van der Waals surface area contributed by atoms with E-state index in [0.717, 1.165) is 19.3 Å². The van der Waals surface area contributed by atoms with Crippen molar-refractivity contribution in [1.82, 2.24) is 0 Å². The van der Waals surface area contributed by atoms with Crippen molar-refractivity contribution < 1.29 is 47.3 Å². The zero-order chi connectivity index (χ0) is 14.6.